The Hall–Kier alpha value is -0.120. The second-order valence-electron chi connectivity index (χ2n) is 4.77. The Morgan fingerprint density at radius 1 is 1.12 bits per heavy atom. The van der Waals surface area contributed by atoms with Crippen LogP contribution in [0.15, 0.2) is 0 Å². The molecular weight excluding hydrogens is 200 g/mol. The molecule has 3 heteroatoms. The van der Waals surface area contributed by atoms with Gasteiger partial charge < -0.3 is 15.7 Å². The number of aliphatic hydroxyl groups excluding tert-OH is 1. The van der Waals surface area contributed by atoms with Crippen LogP contribution in [-0.2, 0) is 0 Å². The van der Waals surface area contributed by atoms with Crippen LogP contribution in [-0.4, -0.2) is 41.8 Å². The number of hydrogen-bond donors (Lipinski definition) is 2. The fourth-order valence-electron chi connectivity index (χ4n) is 1.83. The molecule has 3 nitrogen and oxygen atoms in total. The summed E-state index contributed by atoms with van der Waals surface area (Å²) in [6.07, 6.45) is 5.38. The number of nitrogens with two attached hydrogens (primary N) is 1. The van der Waals surface area contributed by atoms with Gasteiger partial charge in [-0.2, -0.15) is 0 Å². The van der Waals surface area contributed by atoms with Crippen molar-refractivity contribution >= 4 is 0 Å². The van der Waals surface area contributed by atoms with Crippen LogP contribution in [0, 0.1) is 0 Å². The van der Waals surface area contributed by atoms with E-state index in [-0.39, 0.29) is 12.1 Å². The molecular formula is C13H30N2O. The van der Waals surface area contributed by atoms with Gasteiger partial charge in [-0.1, -0.05) is 27.2 Å². The van der Waals surface area contributed by atoms with Gasteiger partial charge in [-0.15, -0.1) is 0 Å². The largest absolute Gasteiger partial charge is 0.394 e. The van der Waals surface area contributed by atoms with Crippen molar-refractivity contribution < 1.29 is 5.11 Å². The quantitative estimate of drug-likeness (QED) is 0.603. The van der Waals surface area contributed by atoms with Crippen molar-refractivity contribution in [3.63, 3.8) is 0 Å². The van der Waals surface area contributed by atoms with Crippen molar-refractivity contribution in [1.82, 2.24) is 4.90 Å². The summed E-state index contributed by atoms with van der Waals surface area (Å²) >= 11 is 0. The molecule has 0 aliphatic heterocycles. The normalized spacial score (nSPS) is 15.4. The molecule has 0 saturated heterocycles. The number of aliphatic hydroxyl groups is 1. The van der Waals surface area contributed by atoms with Crippen LogP contribution < -0.4 is 5.73 Å². The summed E-state index contributed by atoms with van der Waals surface area (Å²) in [6, 6.07) is 0. The van der Waals surface area contributed by atoms with E-state index >= 15 is 0 Å². The van der Waals surface area contributed by atoms with Crippen molar-refractivity contribution in [1.29, 1.82) is 0 Å². The van der Waals surface area contributed by atoms with Crippen molar-refractivity contribution in [2.45, 2.75) is 58.4 Å². The van der Waals surface area contributed by atoms with Crippen LogP contribution >= 0.6 is 0 Å². The van der Waals surface area contributed by atoms with Crippen LogP contribution in [0.4, 0.5) is 0 Å². The molecule has 0 saturated carbocycles. The zero-order valence-electron chi connectivity index (χ0n) is 11.3. The molecule has 0 fully saturated rings. The SMILES string of the molecule is CCCCN(CC)CCCC(N)(CC)CO. The summed E-state index contributed by atoms with van der Waals surface area (Å²) in [6.45, 7) is 9.99. The molecule has 0 rings (SSSR count). The lowest BCUT2D eigenvalue weighted by atomic mass is 9.92. The Labute approximate surface area is 101 Å². The van der Waals surface area contributed by atoms with Gasteiger partial charge in [0.1, 0.15) is 0 Å². The van der Waals surface area contributed by atoms with E-state index in [9.17, 15) is 5.11 Å². The Morgan fingerprint density at radius 2 is 1.75 bits per heavy atom. The second-order valence-corrected chi connectivity index (χ2v) is 4.77. The third-order valence-electron chi connectivity index (χ3n) is 3.44. The molecule has 0 radical (unpaired) electrons. The summed E-state index contributed by atoms with van der Waals surface area (Å²) < 4.78 is 0. The molecule has 0 aromatic rings. The zero-order valence-corrected chi connectivity index (χ0v) is 11.3. The summed E-state index contributed by atoms with van der Waals surface area (Å²) in [5, 5.41) is 9.21. The van der Waals surface area contributed by atoms with Gasteiger partial charge in [0.15, 0.2) is 0 Å². The fourth-order valence-corrected chi connectivity index (χ4v) is 1.83. The van der Waals surface area contributed by atoms with E-state index in [0.29, 0.717) is 0 Å². The average molecular weight is 230 g/mol. The molecule has 0 aliphatic rings. The van der Waals surface area contributed by atoms with Crippen LogP contribution in [0.2, 0.25) is 0 Å². The Kier molecular flexibility index (Phi) is 8.90. The van der Waals surface area contributed by atoms with E-state index in [4.69, 9.17) is 5.73 Å². The number of hydrogen-bond acceptors (Lipinski definition) is 3. The van der Waals surface area contributed by atoms with Gasteiger partial charge >= 0.3 is 0 Å². The van der Waals surface area contributed by atoms with E-state index in [0.717, 1.165) is 32.4 Å². The topological polar surface area (TPSA) is 49.5 Å². The van der Waals surface area contributed by atoms with E-state index in [1.165, 1.54) is 19.4 Å². The van der Waals surface area contributed by atoms with Gasteiger partial charge in [-0.05, 0) is 45.3 Å². The smallest absolute Gasteiger partial charge is 0.0611 e. The molecule has 0 spiro atoms. The van der Waals surface area contributed by atoms with Crippen molar-refractivity contribution in [3.8, 4) is 0 Å². The first-order valence-corrected chi connectivity index (χ1v) is 6.74. The molecule has 1 atom stereocenters. The summed E-state index contributed by atoms with van der Waals surface area (Å²) in [7, 11) is 0. The maximum atomic E-state index is 9.21. The first-order valence-electron chi connectivity index (χ1n) is 6.74. The van der Waals surface area contributed by atoms with Gasteiger partial charge in [0.2, 0.25) is 0 Å². The molecule has 0 aliphatic carbocycles. The summed E-state index contributed by atoms with van der Waals surface area (Å²) in [5.74, 6) is 0. The highest BCUT2D eigenvalue weighted by molar-refractivity contribution is 4.81. The zero-order chi connectivity index (χ0) is 12.4. The minimum atomic E-state index is -0.357. The summed E-state index contributed by atoms with van der Waals surface area (Å²) in [4.78, 5) is 2.47. The first kappa shape index (κ1) is 15.9. The van der Waals surface area contributed by atoms with Crippen LogP contribution in [0.5, 0.6) is 0 Å². The van der Waals surface area contributed by atoms with Gasteiger partial charge in [0.05, 0.1) is 6.61 Å². The highest BCUT2D eigenvalue weighted by Gasteiger charge is 2.20. The molecule has 0 aromatic heterocycles. The number of unbranched alkanes of at least 4 members (excludes halogenated alkanes) is 1. The molecule has 16 heavy (non-hydrogen) atoms. The first-order chi connectivity index (χ1) is 7.61. The van der Waals surface area contributed by atoms with E-state index in [1.807, 2.05) is 6.92 Å². The molecule has 0 bridgehead atoms. The Morgan fingerprint density at radius 3 is 2.19 bits per heavy atom. The molecule has 3 N–H and O–H groups in total. The standard InChI is InChI=1S/C13H30N2O/c1-4-7-10-15(6-3)11-8-9-13(14,5-2)12-16/h16H,4-12,14H2,1-3H3. The molecule has 0 amide bonds. The number of rotatable bonds is 10. The number of nitrogens with zero attached hydrogens (tertiary/aromatic N) is 1. The van der Waals surface area contributed by atoms with Gasteiger partial charge in [-0.25, -0.2) is 0 Å². The predicted octanol–water partition coefficient (Wildman–Crippen LogP) is 1.99. The van der Waals surface area contributed by atoms with Gasteiger partial charge in [0.25, 0.3) is 0 Å². The Bertz CT molecular complexity index is 158. The van der Waals surface area contributed by atoms with Gasteiger partial charge in [-0.3, -0.25) is 0 Å². The third kappa shape index (κ3) is 6.46. The van der Waals surface area contributed by atoms with Crippen LogP contribution in [0.3, 0.4) is 0 Å². The third-order valence-corrected chi connectivity index (χ3v) is 3.44. The summed E-state index contributed by atoms with van der Waals surface area (Å²) in [5.41, 5.74) is 5.70. The maximum absolute atomic E-state index is 9.21. The molecule has 0 aromatic carbocycles. The minimum absolute atomic E-state index is 0.102. The molecule has 1 unspecified atom stereocenters. The molecule has 0 heterocycles. The lowest BCUT2D eigenvalue weighted by molar-refractivity contribution is 0.172. The lowest BCUT2D eigenvalue weighted by Gasteiger charge is -2.27. The highest BCUT2D eigenvalue weighted by atomic mass is 16.3. The van der Waals surface area contributed by atoms with E-state index in [2.05, 4.69) is 18.7 Å². The van der Waals surface area contributed by atoms with E-state index in [1.54, 1.807) is 0 Å². The Balaban J connectivity index is 3.76. The van der Waals surface area contributed by atoms with Gasteiger partial charge in [0, 0.05) is 5.54 Å². The minimum Gasteiger partial charge on any atom is -0.394 e. The van der Waals surface area contributed by atoms with Crippen LogP contribution in [0.25, 0.3) is 0 Å². The van der Waals surface area contributed by atoms with Crippen LogP contribution in [0.1, 0.15) is 52.9 Å². The second kappa shape index (κ2) is 8.97. The maximum Gasteiger partial charge on any atom is 0.0611 e. The van der Waals surface area contributed by atoms with E-state index < -0.39 is 0 Å². The van der Waals surface area contributed by atoms with Crippen molar-refractivity contribution in [3.05, 3.63) is 0 Å². The lowest BCUT2D eigenvalue weighted by Crippen LogP contribution is -2.43. The highest BCUT2D eigenvalue weighted by Crippen LogP contribution is 2.13. The fraction of sp³-hybridized carbons (Fsp3) is 1.00. The monoisotopic (exact) mass is 230 g/mol. The average Bonchev–Trinajstić information content (AvgIpc) is 2.33. The predicted molar refractivity (Wildman–Crippen MR) is 70.6 cm³/mol. The van der Waals surface area contributed by atoms with Crippen molar-refractivity contribution in [2.75, 3.05) is 26.2 Å². The van der Waals surface area contributed by atoms with Crippen molar-refractivity contribution in [2.24, 2.45) is 5.73 Å². The molecule has 98 valence electrons.